The van der Waals surface area contributed by atoms with Crippen LogP contribution in [0.2, 0.25) is 0 Å². The van der Waals surface area contributed by atoms with Crippen LogP contribution >= 0.6 is 0 Å². The molecule has 0 saturated heterocycles. The zero-order chi connectivity index (χ0) is 22.5. The fourth-order valence-electron chi connectivity index (χ4n) is 3.44. The lowest BCUT2D eigenvalue weighted by Gasteiger charge is -2.19. The Hall–Kier alpha value is -4.39. The minimum Gasteiger partial charge on any atom is -0.437 e. The predicted molar refractivity (Wildman–Crippen MR) is 120 cm³/mol. The first-order valence-electron chi connectivity index (χ1n) is 9.91. The molecule has 3 aromatic carbocycles. The highest BCUT2D eigenvalue weighted by Gasteiger charge is 2.22. The average Bonchev–Trinajstić information content (AvgIpc) is 2.85. The van der Waals surface area contributed by atoms with E-state index in [-0.39, 0.29) is 29.3 Å². The summed E-state index contributed by atoms with van der Waals surface area (Å²) in [4.78, 5) is 38.0. The zero-order valence-electron chi connectivity index (χ0n) is 17.3. The Bertz CT molecular complexity index is 1330. The van der Waals surface area contributed by atoms with Crippen molar-refractivity contribution in [3.8, 4) is 11.6 Å². The van der Waals surface area contributed by atoms with E-state index in [2.05, 4.69) is 10.1 Å². The number of hydrogen-bond donors (Lipinski definition) is 1. The molecule has 0 spiro atoms. The number of nitrogens with one attached hydrogen (secondary N) is 1. The fraction of sp³-hybridized carbons (Fsp3) is 0.0800. The molecule has 4 rings (SSSR count). The van der Waals surface area contributed by atoms with Crippen molar-refractivity contribution >= 4 is 23.0 Å². The number of fused-ring (bicyclic) bond motifs is 1. The van der Waals surface area contributed by atoms with Crippen LogP contribution in [0.15, 0.2) is 89.7 Å². The summed E-state index contributed by atoms with van der Waals surface area (Å²) in [7, 11) is 1.19. The number of ether oxygens (including phenoxy) is 2. The van der Waals surface area contributed by atoms with Gasteiger partial charge in [-0.2, -0.15) is 0 Å². The Balaban J connectivity index is 1.89. The number of carbonyl (C=O) groups is 2. The van der Waals surface area contributed by atoms with Crippen molar-refractivity contribution in [2.75, 3.05) is 7.11 Å². The van der Waals surface area contributed by atoms with Crippen molar-refractivity contribution < 1.29 is 19.1 Å². The Kier molecular flexibility index (Phi) is 5.98. The van der Waals surface area contributed by atoms with E-state index in [1.165, 1.54) is 7.11 Å². The lowest BCUT2D eigenvalue weighted by molar-refractivity contribution is 0.0950. The Morgan fingerprint density at radius 3 is 2.19 bits per heavy atom. The van der Waals surface area contributed by atoms with E-state index >= 15 is 0 Å². The molecular formula is C25H20N2O5. The molecule has 4 aromatic rings. The summed E-state index contributed by atoms with van der Waals surface area (Å²) < 4.78 is 11.8. The van der Waals surface area contributed by atoms with Gasteiger partial charge in [0.1, 0.15) is 0 Å². The number of hydrogen-bond acceptors (Lipinski definition) is 5. The van der Waals surface area contributed by atoms with Gasteiger partial charge in [-0.15, -0.1) is 0 Å². The fourth-order valence-corrected chi connectivity index (χ4v) is 3.44. The van der Waals surface area contributed by atoms with Gasteiger partial charge in [0.2, 0.25) is 5.88 Å². The molecule has 7 heteroatoms. The quantitative estimate of drug-likeness (QED) is 0.485. The van der Waals surface area contributed by atoms with E-state index in [9.17, 15) is 14.4 Å². The maximum atomic E-state index is 13.4. The third-order valence-corrected chi connectivity index (χ3v) is 4.95. The Labute approximate surface area is 183 Å². The first kappa shape index (κ1) is 20.9. The molecule has 32 heavy (non-hydrogen) atoms. The number of rotatable bonds is 5. The van der Waals surface area contributed by atoms with Crippen LogP contribution in [0, 0.1) is 0 Å². The van der Waals surface area contributed by atoms with Crippen molar-refractivity contribution in [1.29, 1.82) is 0 Å². The molecule has 0 aliphatic rings. The Morgan fingerprint density at radius 1 is 0.875 bits per heavy atom. The molecule has 1 N–H and O–H groups in total. The van der Waals surface area contributed by atoms with Crippen LogP contribution in [-0.4, -0.2) is 23.7 Å². The number of para-hydroxylation sites is 2. The zero-order valence-corrected chi connectivity index (χ0v) is 17.3. The maximum Gasteiger partial charge on any atom is 0.514 e. The van der Waals surface area contributed by atoms with Gasteiger partial charge in [-0.1, -0.05) is 48.5 Å². The molecular weight excluding hydrogens is 408 g/mol. The molecule has 0 bridgehead atoms. The summed E-state index contributed by atoms with van der Waals surface area (Å²) in [6.07, 6.45) is -0.972. The first-order chi connectivity index (χ1) is 15.6. The van der Waals surface area contributed by atoms with Gasteiger partial charge < -0.3 is 14.8 Å². The molecule has 1 amide bonds. The highest BCUT2D eigenvalue weighted by Crippen LogP contribution is 2.28. The highest BCUT2D eigenvalue weighted by atomic mass is 16.7. The van der Waals surface area contributed by atoms with Gasteiger partial charge in [0.25, 0.3) is 5.91 Å². The number of methoxy groups -OCH3 is 1. The number of amides is 1. The monoisotopic (exact) mass is 428 g/mol. The first-order valence-corrected chi connectivity index (χ1v) is 9.91. The van der Waals surface area contributed by atoms with Crippen LogP contribution < -0.4 is 15.5 Å². The van der Waals surface area contributed by atoms with Crippen LogP contribution in [0.1, 0.15) is 15.9 Å². The minimum atomic E-state index is -0.972. The summed E-state index contributed by atoms with van der Waals surface area (Å²) in [5.74, 6) is -0.367. The van der Waals surface area contributed by atoms with Gasteiger partial charge in [-0.3, -0.25) is 14.2 Å². The van der Waals surface area contributed by atoms with Crippen LogP contribution in [0.25, 0.3) is 16.6 Å². The third-order valence-electron chi connectivity index (χ3n) is 4.95. The maximum absolute atomic E-state index is 13.4. The van der Waals surface area contributed by atoms with E-state index in [0.717, 1.165) is 0 Å². The second kappa shape index (κ2) is 9.18. The van der Waals surface area contributed by atoms with Gasteiger partial charge in [0.05, 0.1) is 24.7 Å². The normalized spacial score (nSPS) is 10.5. The molecule has 0 saturated carbocycles. The highest BCUT2D eigenvalue weighted by molar-refractivity contribution is 5.94. The van der Waals surface area contributed by atoms with Crippen molar-refractivity contribution in [3.05, 3.63) is 106 Å². The summed E-state index contributed by atoms with van der Waals surface area (Å²) >= 11 is 0. The van der Waals surface area contributed by atoms with Crippen LogP contribution in [0.5, 0.6) is 5.88 Å². The predicted octanol–water partition coefficient (Wildman–Crippen LogP) is 4.07. The number of benzene rings is 3. The molecule has 0 fully saturated rings. The van der Waals surface area contributed by atoms with Crippen LogP contribution in [-0.2, 0) is 11.3 Å². The molecule has 0 aliphatic heterocycles. The lowest BCUT2D eigenvalue weighted by atomic mass is 10.1. The average molecular weight is 428 g/mol. The molecule has 0 atom stereocenters. The van der Waals surface area contributed by atoms with Crippen molar-refractivity contribution in [1.82, 2.24) is 9.88 Å². The summed E-state index contributed by atoms with van der Waals surface area (Å²) in [6, 6.07) is 24.8. The molecule has 1 heterocycles. The molecule has 7 nitrogen and oxygen atoms in total. The summed E-state index contributed by atoms with van der Waals surface area (Å²) in [5.41, 5.74) is 1.47. The molecule has 0 aliphatic carbocycles. The smallest absolute Gasteiger partial charge is 0.437 e. The van der Waals surface area contributed by atoms with E-state index in [4.69, 9.17) is 4.74 Å². The van der Waals surface area contributed by atoms with Gasteiger partial charge in [0.15, 0.2) is 5.43 Å². The van der Waals surface area contributed by atoms with Gasteiger partial charge in [-0.05, 0) is 36.4 Å². The number of pyridine rings is 1. The number of carbonyl (C=O) groups excluding carboxylic acids is 2. The van der Waals surface area contributed by atoms with Gasteiger partial charge in [0, 0.05) is 16.6 Å². The van der Waals surface area contributed by atoms with Crippen molar-refractivity contribution in [2.45, 2.75) is 6.54 Å². The van der Waals surface area contributed by atoms with E-state index in [1.54, 1.807) is 59.2 Å². The standard InChI is InChI=1S/C25H20N2O5/c1-31-25(30)32-24-20(16-26-23(29)17-10-4-2-5-11-17)22(28)19-14-8-9-15-21(19)27(24)18-12-6-3-7-13-18/h2-15H,16H2,1H3,(H,26,29). The van der Waals surface area contributed by atoms with E-state index < -0.39 is 6.16 Å². The van der Waals surface area contributed by atoms with Gasteiger partial charge in [-0.25, -0.2) is 4.79 Å². The number of aromatic nitrogens is 1. The third kappa shape index (κ3) is 4.09. The SMILES string of the molecule is COC(=O)Oc1c(CNC(=O)c2ccccc2)c(=O)c2ccccc2n1-c1ccccc1. The molecule has 0 unspecified atom stereocenters. The second-order valence-electron chi connectivity index (χ2n) is 6.91. The Morgan fingerprint density at radius 2 is 1.50 bits per heavy atom. The van der Waals surface area contributed by atoms with E-state index in [1.807, 2.05) is 30.3 Å². The number of nitrogens with zero attached hydrogens (tertiary/aromatic N) is 1. The lowest BCUT2D eigenvalue weighted by Crippen LogP contribution is -2.29. The molecule has 1 aromatic heterocycles. The summed E-state index contributed by atoms with van der Waals surface area (Å²) in [6.45, 7) is -0.142. The van der Waals surface area contributed by atoms with E-state index in [0.29, 0.717) is 22.2 Å². The topological polar surface area (TPSA) is 86.6 Å². The molecule has 160 valence electrons. The minimum absolute atomic E-state index is 0.0138. The van der Waals surface area contributed by atoms with Crippen molar-refractivity contribution in [3.63, 3.8) is 0 Å². The van der Waals surface area contributed by atoms with Crippen molar-refractivity contribution in [2.24, 2.45) is 0 Å². The largest absolute Gasteiger partial charge is 0.514 e. The second-order valence-corrected chi connectivity index (χ2v) is 6.91. The van der Waals surface area contributed by atoms with Crippen LogP contribution in [0.4, 0.5) is 4.79 Å². The molecule has 0 radical (unpaired) electrons. The van der Waals surface area contributed by atoms with Gasteiger partial charge >= 0.3 is 6.16 Å². The van der Waals surface area contributed by atoms with Crippen LogP contribution in [0.3, 0.4) is 0 Å². The summed E-state index contributed by atoms with van der Waals surface area (Å²) in [5, 5.41) is 3.18.